The molecule has 1 amide bonds. The van der Waals surface area contributed by atoms with Gasteiger partial charge in [0.15, 0.2) is 11.5 Å². The van der Waals surface area contributed by atoms with Gasteiger partial charge in [0.05, 0.1) is 0 Å². The van der Waals surface area contributed by atoms with Gasteiger partial charge in [-0.15, -0.1) is 10.2 Å². The van der Waals surface area contributed by atoms with Gasteiger partial charge in [-0.3, -0.25) is 4.79 Å². The molecule has 0 radical (unpaired) electrons. The number of nitrogens with zero attached hydrogens (tertiary/aromatic N) is 3. The third-order valence-electron chi connectivity index (χ3n) is 5.38. The summed E-state index contributed by atoms with van der Waals surface area (Å²) in [6.07, 6.45) is 0. The minimum atomic E-state index is -0.0830. The number of hydrogen-bond acceptors (Lipinski definition) is 6. The molecule has 1 aliphatic rings. The Morgan fingerprint density at radius 3 is 2.50 bits per heavy atom. The Balaban J connectivity index is 1.29. The summed E-state index contributed by atoms with van der Waals surface area (Å²) in [5.74, 6) is 2.24. The molecule has 0 N–H and O–H groups in total. The third kappa shape index (κ3) is 3.80. The SMILES string of the molecule is Cc1ccccc1-c1nnc(-c2ccc(C(=O)N(C)Cc3ccc4c(c3)OCO4)cc2)o1. The van der Waals surface area contributed by atoms with E-state index in [0.29, 0.717) is 29.6 Å². The molecule has 0 saturated carbocycles. The number of amides is 1. The zero-order valence-electron chi connectivity index (χ0n) is 17.7. The van der Waals surface area contributed by atoms with Crippen molar-refractivity contribution in [2.45, 2.75) is 13.5 Å². The molecule has 0 aliphatic carbocycles. The molecule has 5 rings (SSSR count). The van der Waals surface area contributed by atoms with Crippen LogP contribution in [0.5, 0.6) is 11.5 Å². The molecule has 4 aromatic rings. The molecule has 2 heterocycles. The van der Waals surface area contributed by atoms with Crippen molar-refractivity contribution >= 4 is 5.91 Å². The summed E-state index contributed by atoms with van der Waals surface area (Å²) in [5.41, 5.74) is 4.27. The number of rotatable bonds is 5. The lowest BCUT2D eigenvalue weighted by Crippen LogP contribution is -2.26. The number of aryl methyl sites for hydroxylation is 1. The van der Waals surface area contributed by atoms with Crippen LogP contribution in [0.25, 0.3) is 22.9 Å². The highest BCUT2D eigenvalue weighted by Crippen LogP contribution is 2.33. The Labute approximate surface area is 185 Å². The summed E-state index contributed by atoms with van der Waals surface area (Å²) in [5, 5.41) is 8.33. The van der Waals surface area contributed by atoms with Crippen molar-refractivity contribution in [1.82, 2.24) is 15.1 Å². The molecule has 0 spiro atoms. The van der Waals surface area contributed by atoms with Crippen molar-refractivity contribution in [2.75, 3.05) is 13.8 Å². The standard InChI is InChI=1S/C25H21N3O4/c1-16-5-3-4-6-20(16)24-27-26-23(32-24)18-8-10-19(11-9-18)25(29)28(2)14-17-7-12-21-22(13-17)31-15-30-21/h3-13H,14-15H2,1-2H3. The smallest absolute Gasteiger partial charge is 0.253 e. The van der Waals surface area contributed by atoms with Crippen LogP contribution in [0.2, 0.25) is 0 Å². The lowest BCUT2D eigenvalue weighted by molar-refractivity contribution is 0.0785. The Hall–Kier alpha value is -4.13. The lowest BCUT2D eigenvalue weighted by atomic mass is 10.1. The van der Waals surface area contributed by atoms with Crippen LogP contribution in [0, 0.1) is 6.92 Å². The number of carbonyl (C=O) groups is 1. The van der Waals surface area contributed by atoms with Gasteiger partial charge in [-0.1, -0.05) is 24.3 Å². The third-order valence-corrected chi connectivity index (χ3v) is 5.38. The Bertz CT molecular complexity index is 1280. The molecule has 0 unspecified atom stereocenters. The highest BCUT2D eigenvalue weighted by molar-refractivity contribution is 5.94. The molecule has 7 nitrogen and oxygen atoms in total. The summed E-state index contributed by atoms with van der Waals surface area (Å²) in [7, 11) is 1.77. The highest BCUT2D eigenvalue weighted by atomic mass is 16.7. The van der Waals surface area contributed by atoms with E-state index in [1.165, 1.54) is 0 Å². The molecule has 160 valence electrons. The first-order chi connectivity index (χ1) is 15.6. The van der Waals surface area contributed by atoms with Crippen LogP contribution in [0.4, 0.5) is 0 Å². The van der Waals surface area contributed by atoms with E-state index in [2.05, 4.69) is 10.2 Å². The van der Waals surface area contributed by atoms with Gasteiger partial charge in [0.2, 0.25) is 18.6 Å². The van der Waals surface area contributed by atoms with Gasteiger partial charge in [-0.05, 0) is 60.5 Å². The van der Waals surface area contributed by atoms with Crippen molar-refractivity contribution in [3.63, 3.8) is 0 Å². The maximum absolute atomic E-state index is 12.9. The van der Waals surface area contributed by atoms with Crippen LogP contribution in [0.3, 0.4) is 0 Å². The van der Waals surface area contributed by atoms with Crippen molar-refractivity contribution in [3.8, 4) is 34.4 Å². The largest absolute Gasteiger partial charge is 0.454 e. The van der Waals surface area contributed by atoms with E-state index in [-0.39, 0.29) is 12.7 Å². The Morgan fingerprint density at radius 2 is 1.69 bits per heavy atom. The zero-order valence-corrected chi connectivity index (χ0v) is 17.7. The Kier molecular flexibility index (Phi) is 5.07. The lowest BCUT2D eigenvalue weighted by Gasteiger charge is -2.17. The van der Waals surface area contributed by atoms with Gasteiger partial charge >= 0.3 is 0 Å². The van der Waals surface area contributed by atoms with Crippen molar-refractivity contribution < 1.29 is 18.7 Å². The van der Waals surface area contributed by atoms with E-state index in [1.54, 1.807) is 24.1 Å². The predicted octanol–water partition coefficient (Wildman–Crippen LogP) is 4.71. The van der Waals surface area contributed by atoms with E-state index >= 15 is 0 Å². The fourth-order valence-corrected chi connectivity index (χ4v) is 3.62. The van der Waals surface area contributed by atoms with Gasteiger partial charge in [-0.2, -0.15) is 0 Å². The van der Waals surface area contributed by atoms with Gasteiger partial charge < -0.3 is 18.8 Å². The van der Waals surface area contributed by atoms with Gasteiger partial charge in [-0.25, -0.2) is 0 Å². The number of hydrogen-bond donors (Lipinski definition) is 0. The number of fused-ring (bicyclic) bond motifs is 1. The summed E-state index contributed by atoms with van der Waals surface area (Å²) >= 11 is 0. The molecule has 3 aromatic carbocycles. The minimum absolute atomic E-state index is 0.0830. The van der Waals surface area contributed by atoms with Crippen molar-refractivity contribution in [1.29, 1.82) is 0 Å². The van der Waals surface area contributed by atoms with Crippen LogP contribution < -0.4 is 9.47 Å². The second-order valence-electron chi connectivity index (χ2n) is 7.65. The van der Waals surface area contributed by atoms with Crippen LogP contribution in [0.15, 0.2) is 71.1 Å². The molecule has 1 aromatic heterocycles. The molecule has 0 bridgehead atoms. The quantitative estimate of drug-likeness (QED) is 0.459. The number of benzene rings is 3. The van der Waals surface area contributed by atoms with E-state index in [9.17, 15) is 4.79 Å². The van der Waals surface area contributed by atoms with Gasteiger partial charge in [0.25, 0.3) is 5.91 Å². The second kappa shape index (κ2) is 8.19. The molecule has 32 heavy (non-hydrogen) atoms. The topological polar surface area (TPSA) is 77.7 Å². The Morgan fingerprint density at radius 1 is 0.938 bits per heavy atom. The summed E-state index contributed by atoms with van der Waals surface area (Å²) in [4.78, 5) is 14.5. The van der Waals surface area contributed by atoms with Crippen LogP contribution >= 0.6 is 0 Å². The maximum atomic E-state index is 12.9. The first kappa shape index (κ1) is 19.8. The fourth-order valence-electron chi connectivity index (χ4n) is 3.62. The molecule has 1 aliphatic heterocycles. The zero-order chi connectivity index (χ0) is 22.1. The molecular weight excluding hydrogens is 406 g/mol. The van der Waals surface area contributed by atoms with E-state index < -0.39 is 0 Å². The van der Waals surface area contributed by atoms with Crippen molar-refractivity contribution in [2.24, 2.45) is 0 Å². The van der Waals surface area contributed by atoms with Crippen LogP contribution in [-0.2, 0) is 6.54 Å². The van der Waals surface area contributed by atoms with E-state index in [0.717, 1.165) is 28.0 Å². The second-order valence-corrected chi connectivity index (χ2v) is 7.65. The van der Waals surface area contributed by atoms with Crippen molar-refractivity contribution in [3.05, 3.63) is 83.4 Å². The molecule has 0 atom stereocenters. The normalized spacial score (nSPS) is 12.1. The number of aromatic nitrogens is 2. The maximum Gasteiger partial charge on any atom is 0.253 e. The number of ether oxygens (including phenoxy) is 2. The summed E-state index contributed by atoms with van der Waals surface area (Å²) in [6, 6.07) is 20.7. The average molecular weight is 427 g/mol. The van der Waals surface area contributed by atoms with Gasteiger partial charge in [0, 0.05) is 30.3 Å². The average Bonchev–Trinajstić information content (AvgIpc) is 3.48. The van der Waals surface area contributed by atoms with E-state index in [4.69, 9.17) is 13.9 Å². The van der Waals surface area contributed by atoms with Crippen LogP contribution in [-0.4, -0.2) is 34.8 Å². The fraction of sp³-hybridized carbons (Fsp3) is 0.160. The first-order valence-corrected chi connectivity index (χ1v) is 10.2. The predicted molar refractivity (Wildman–Crippen MR) is 118 cm³/mol. The summed E-state index contributed by atoms with van der Waals surface area (Å²) < 4.78 is 16.6. The van der Waals surface area contributed by atoms with Crippen LogP contribution in [0.1, 0.15) is 21.5 Å². The highest BCUT2D eigenvalue weighted by Gasteiger charge is 2.17. The first-order valence-electron chi connectivity index (χ1n) is 10.2. The molecule has 0 fully saturated rings. The van der Waals surface area contributed by atoms with E-state index in [1.807, 2.05) is 61.5 Å². The summed E-state index contributed by atoms with van der Waals surface area (Å²) in [6.45, 7) is 2.69. The number of carbonyl (C=O) groups excluding carboxylic acids is 1. The minimum Gasteiger partial charge on any atom is -0.454 e. The molecule has 0 saturated heterocycles. The van der Waals surface area contributed by atoms with Gasteiger partial charge in [0.1, 0.15) is 0 Å². The molecule has 7 heteroatoms. The molecular formula is C25H21N3O4. The monoisotopic (exact) mass is 427 g/mol.